The Morgan fingerprint density at radius 2 is 1.95 bits per heavy atom. The predicted molar refractivity (Wildman–Crippen MR) is 85.4 cm³/mol. The summed E-state index contributed by atoms with van der Waals surface area (Å²) in [7, 11) is 0. The first-order valence-corrected chi connectivity index (χ1v) is 8.30. The Labute approximate surface area is 123 Å². The summed E-state index contributed by atoms with van der Waals surface area (Å²) in [6, 6.07) is 7.07. The molecule has 0 bridgehead atoms. The first kappa shape index (κ1) is 15.4. The smallest absolute Gasteiger partial charge is 0.122 e. The van der Waals surface area contributed by atoms with Gasteiger partial charge in [0.05, 0.1) is 6.61 Å². The highest BCUT2D eigenvalue weighted by atomic mass is 16.5. The number of nitrogens with one attached hydrogen (secondary N) is 1. The Morgan fingerprint density at radius 1 is 1.15 bits per heavy atom. The first-order chi connectivity index (χ1) is 9.81. The van der Waals surface area contributed by atoms with E-state index in [1.54, 1.807) is 0 Å². The molecule has 2 nitrogen and oxygen atoms in total. The largest absolute Gasteiger partial charge is 0.493 e. The average Bonchev–Trinajstić information content (AvgIpc) is 2.93. The molecule has 0 fully saturated rings. The van der Waals surface area contributed by atoms with Crippen molar-refractivity contribution in [3.8, 4) is 5.75 Å². The number of rotatable bonds is 9. The van der Waals surface area contributed by atoms with Crippen molar-refractivity contribution >= 4 is 0 Å². The summed E-state index contributed by atoms with van der Waals surface area (Å²) >= 11 is 0. The highest BCUT2D eigenvalue weighted by molar-refractivity contribution is 5.40. The molecule has 0 aromatic heterocycles. The number of fused-ring (bicyclic) bond motifs is 1. The van der Waals surface area contributed by atoms with Crippen molar-refractivity contribution in [2.75, 3.05) is 13.2 Å². The van der Waals surface area contributed by atoms with E-state index in [-0.39, 0.29) is 0 Å². The van der Waals surface area contributed by atoms with E-state index >= 15 is 0 Å². The van der Waals surface area contributed by atoms with Crippen LogP contribution in [0.1, 0.15) is 69.5 Å². The second-order valence-electron chi connectivity index (χ2n) is 5.91. The maximum atomic E-state index is 5.56. The number of benzene rings is 1. The van der Waals surface area contributed by atoms with Crippen molar-refractivity contribution in [1.29, 1.82) is 0 Å². The standard InChI is InChI=1S/C18H29NO/c1-3-4-5-6-7-8-12-19-15(2)16-9-10-18-17(14-16)11-13-20-18/h9-10,14-15,19H,3-8,11-13H2,1-2H3. The van der Waals surface area contributed by atoms with Crippen LogP contribution in [-0.4, -0.2) is 13.2 Å². The number of ether oxygens (including phenoxy) is 1. The minimum Gasteiger partial charge on any atom is -0.493 e. The minimum atomic E-state index is 0.441. The van der Waals surface area contributed by atoms with Crippen LogP contribution >= 0.6 is 0 Å². The Bertz CT molecular complexity index is 402. The Morgan fingerprint density at radius 3 is 2.80 bits per heavy atom. The molecule has 1 aromatic carbocycles. The number of hydrogen-bond donors (Lipinski definition) is 1. The molecule has 1 aliphatic rings. The van der Waals surface area contributed by atoms with E-state index in [4.69, 9.17) is 4.74 Å². The molecule has 1 heterocycles. The van der Waals surface area contributed by atoms with Gasteiger partial charge in [-0.05, 0) is 37.1 Å². The average molecular weight is 275 g/mol. The van der Waals surface area contributed by atoms with Gasteiger partial charge in [-0.15, -0.1) is 0 Å². The number of unbranched alkanes of at least 4 members (excludes halogenated alkanes) is 5. The fraction of sp³-hybridized carbons (Fsp3) is 0.667. The third-order valence-electron chi connectivity index (χ3n) is 4.19. The van der Waals surface area contributed by atoms with E-state index in [2.05, 4.69) is 37.4 Å². The minimum absolute atomic E-state index is 0.441. The second-order valence-corrected chi connectivity index (χ2v) is 5.91. The van der Waals surface area contributed by atoms with Gasteiger partial charge >= 0.3 is 0 Å². The summed E-state index contributed by atoms with van der Waals surface area (Å²) in [6.07, 6.45) is 9.22. The molecule has 0 radical (unpaired) electrons. The molecule has 0 amide bonds. The zero-order valence-corrected chi connectivity index (χ0v) is 13.1. The van der Waals surface area contributed by atoms with Crippen LogP contribution in [0.15, 0.2) is 18.2 Å². The van der Waals surface area contributed by atoms with Crippen molar-refractivity contribution in [3.05, 3.63) is 29.3 Å². The topological polar surface area (TPSA) is 21.3 Å². The Balaban J connectivity index is 1.66. The maximum Gasteiger partial charge on any atom is 0.122 e. The zero-order chi connectivity index (χ0) is 14.2. The van der Waals surface area contributed by atoms with Crippen LogP contribution in [0.3, 0.4) is 0 Å². The van der Waals surface area contributed by atoms with Gasteiger partial charge in [-0.2, -0.15) is 0 Å². The summed E-state index contributed by atoms with van der Waals surface area (Å²) in [6.45, 7) is 6.50. The predicted octanol–water partition coefficient (Wildman–Crippen LogP) is 4.63. The molecule has 1 atom stereocenters. The quantitative estimate of drug-likeness (QED) is 0.663. The van der Waals surface area contributed by atoms with Crippen LogP contribution < -0.4 is 10.1 Å². The van der Waals surface area contributed by atoms with Crippen LogP contribution in [0.25, 0.3) is 0 Å². The Kier molecular flexibility index (Phi) is 6.38. The summed E-state index contributed by atoms with van der Waals surface area (Å²) in [5.41, 5.74) is 2.76. The van der Waals surface area contributed by atoms with E-state index < -0.39 is 0 Å². The molecule has 0 spiro atoms. The molecule has 112 valence electrons. The summed E-state index contributed by atoms with van der Waals surface area (Å²) < 4.78 is 5.56. The van der Waals surface area contributed by atoms with E-state index in [0.717, 1.165) is 25.3 Å². The molecule has 1 aromatic rings. The van der Waals surface area contributed by atoms with Crippen molar-refractivity contribution in [1.82, 2.24) is 5.32 Å². The summed E-state index contributed by atoms with van der Waals surface area (Å²) in [5.74, 6) is 1.08. The van der Waals surface area contributed by atoms with E-state index in [1.807, 2.05) is 0 Å². The van der Waals surface area contributed by atoms with E-state index in [1.165, 1.54) is 49.7 Å². The van der Waals surface area contributed by atoms with Crippen molar-refractivity contribution < 1.29 is 4.74 Å². The molecule has 1 aliphatic heterocycles. The molecule has 1 unspecified atom stereocenters. The van der Waals surface area contributed by atoms with Gasteiger partial charge in [0.1, 0.15) is 5.75 Å². The molecule has 0 saturated heterocycles. The zero-order valence-electron chi connectivity index (χ0n) is 13.1. The maximum absolute atomic E-state index is 5.56. The van der Waals surface area contributed by atoms with Crippen molar-refractivity contribution in [2.45, 2.75) is 64.8 Å². The monoisotopic (exact) mass is 275 g/mol. The lowest BCUT2D eigenvalue weighted by atomic mass is 10.0. The van der Waals surface area contributed by atoms with Gasteiger partial charge in [0.2, 0.25) is 0 Å². The molecule has 1 N–H and O–H groups in total. The Hall–Kier alpha value is -1.02. The van der Waals surface area contributed by atoms with Crippen molar-refractivity contribution in [2.24, 2.45) is 0 Å². The lowest BCUT2D eigenvalue weighted by molar-refractivity contribution is 0.356. The first-order valence-electron chi connectivity index (χ1n) is 8.30. The van der Waals surface area contributed by atoms with Crippen LogP contribution in [0, 0.1) is 0 Å². The molecule has 0 saturated carbocycles. The lowest BCUT2D eigenvalue weighted by Gasteiger charge is -2.15. The normalized spacial score (nSPS) is 14.9. The van der Waals surface area contributed by atoms with Crippen LogP contribution in [-0.2, 0) is 6.42 Å². The summed E-state index contributed by atoms with van der Waals surface area (Å²) in [5, 5.41) is 3.64. The third kappa shape index (κ3) is 4.52. The SMILES string of the molecule is CCCCCCCCNC(C)c1ccc2c(c1)CCO2. The second kappa shape index (κ2) is 8.31. The molecule has 0 aliphatic carbocycles. The van der Waals surface area contributed by atoms with Gasteiger partial charge in [0.25, 0.3) is 0 Å². The molecule has 20 heavy (non-hydrogen) atoms. The highest BCUT2D eigenvalue weighted by Gasteiger charge is 2.14. The molecule has 2 rings (SSSR count). The fourth-order valence-electron chi connectivity index (χ4n) is 2.82. The molecular weight excluding hydrogens is 246 g/mol. The van der Waals surface area contributed by atoms with Gasteiger partial charge in [-0.1, -0.05) is 51.2 Å². The van der Waals surface area contributed by atoms with Gasteiger partial charge in [0.15, 0.2) is 0 Å². The third-order valence-corrected chi connectivity index (χ3v) is 4.19. The van der Waals surface area contributed by atoms with Gasteiger partial charge in [-0.25, -0.2) is 0 Å². The van der Waals surface area contributed by atoms with E-state index in [9.17, 15) is 0 Å². The van der Waals surface area contributed by atoms with Gasteiger partial charge in [0, 0.05) is 12.5 Å². The summed E-state index contributed by atoms with van der Waals surface area (Å²) in [4.78, 5) is 0. The van der Waals surface area contributed by atoms with Crippen molar-refractivity contribution in [3.63, 3.8) is 0 Å². The number of hydrogen-bond acceptors (Lipinski definition) is 2. The van der Waals surface area contributed by atoms with Crippen LogP contribution in [0.4, 0.5) is 0 Å². The van der Waals surface area contributed by atoms with Gasteiger partial charge < -0.3 is 10.1 Å². The van der Waals surface area contributed by atoms with Gasteiger partial charge in [-0.3, -0.25) is 0 Å². The fourth-order valence-corrected chi connectivity index (χ4v) is 2.82. The van der Waals surface area contributed by atoms with Crippen LogP contribution in [0.5, 0.6) is 5.75 Å². The lowest BCUT2D eigenvalue weighted by Crippen LogP contribution is -2.19. The molecule has 2 heteroatoms. The van der Waals surface area contributed by atoms with Crippen LogP contribution in [0.2, 0.25) is 0 Å². The molecular formula is C18H29NO. The highest BCUT2D eigenvalue weighted by Crippen LogP contribution is 2.28. The van der Waals surface area contributed by atoms with E-state index in [0.29, 0.717) is 6.04 Å².